The molecule has 6 nitrogen and oxygen atoms in total. The summed E-state index contributed by atoms with van der Waals surface area (Å²) in [5.74, 6) is 2.57. The van der Waals surface area contributed by atoms with Gasteiger partial charge >= 0.3 is 0 Å². The quantitative estimate of drug-likeness (QED) is 0.483. The van der Waals surface area contributed by atoms with Crippen LogP contribution >= 0.6 is 11.8 Å². The molecule has 1 fully saturated rings. The molecule has 0 spiro atoms. The van der Waals surface area contributed by atoms with Crippen molar-refractivity contribution in [3.8, 4) is 5.69 Å². The van der Waals surface area contributed by atoms with Crippen molar-refractivity contribution in [2.75, 3.05) is 29.9 Å². The lowest BCUT2D eigenvalue weighted by Crippen LogP contribution is -2.39. The molecule has 35 heavy (non-hydrogen) atoms. The number of fused-ring (bicyclic) bond motifs is 1. The standard InChI is InChI=1S/C28H30N4O2S/c1-4-6-10-21(5-2)29-25-19-24(33)27-20(3)17-22(18-26(34)31-13-15-35-16-14-31)30-28(27)32(25)23-11-8-7-9-12-23/h4-12,17,19,29H,2,13-16,18H2,1,3H3/b6-4-,21-10+. The number of para-hydroxylation sites is 1. The fourth-order valence-corrected chi connectivity index (χ4v) is 5.08. The van der Waals surface area contributed by atoms with Crippen LogP contribution in [0.4, 0.5) is 5.82 Å². The molecule has 0 atom stereocenters. The van der Waals surface area contributed by atoms with Gasteiger partial charge in [0.05, 0.1) is 17.5 Å². The van der Waals surface area contributed by atoms with Crippen molar-refractivity contribution < 1.29 is 4.79 Å². The molecule has 1 aromatic carbocycles. The summed E-state index contributed by atoms with van der Waals surface area (Å²) < 4.78 is 1.93. The van der Waals surface area contributed by atoms with Crippen molar-refractivity contribution in [1.29, 1.82) is 0 Å². The number of nitrogens with one attached hydrogen (secondary N) is 1. The minimum atomic E-state index is -0.125. The highest BCUT2D eigenvalue weighted by atomic mass is 32.2. The van der Waals surface area contributed by atoms with Gasteiger partial charge in [-0.05, 0) is 49.8 Å². The fourth-order valence-electron chi connectivity index (χ4n) is 4.17. The largest absolute Gasteiger partial charge is 0.341 e. The zero-order valence-corrected chi connectivity index (χ0v) is 21.0. The average molecular weight is 487 g/mol. The number of amides is 1. The number of allylic oxidation sites excluding steroid dienone is 4. The molecule has 1 amide bonds. The van der Waals surface area contributed by atoms with Gasteiger partial charge in [-0.2, -0.15) is 11.8 Å². The van der Waals surface area contributed by atoms with Crippen LogP contribution in [0.25, 0.3) is 16.7 Å². The van der Waals surface area contributed by atoms with Crippen LogP contribution in [0.3, 0.4) is 0 Å². The Kier molecular flexibility index (Phi) is 7.87. The number of rotatable bonds is 7. The van der Waals surface area contributed by atoms with E-state index in [9.17, 15) is 9.59 Å². The number of benzene rings is 1. The molecule has 3 heterocycles. The fraction of sp³-hybridized carbons (Fsp3) is 0.250. The summed E-state index contributed by atoms with van der Waals surface area (Å²) in [5.41, 5.74) is 3.47. The molecule has 4 rings (SSSR count). The summed E-state index contributed by atoms with van der Waals surface area (Å²) in [4.78, 5) is 33.0. The summed E-state index contributed by atoms with van der Waals surface area (Å²) in [6.45, 7) is 9.26. The minimum Gasteiger partial charge on any atom is -0.341 e. The highest BCUT2D eigenvalue weighted by Crippen LogP contribution is 2.25. The van der Waals surface area contributed by atoms with E-state index in [1.807, 2.05) is 89.7 Å². The number of pyridine rings is 2. The van der Waals surface area contributed by atoms with Crippen molar-refractivity contribution in [2.24, 2.45) is 0 Å². The molecule has 0 bridgehead atoms. The maximum absolute atomic E-state index is 13.2. The first-order chi connectivity index (χ1) is 17.0. The van der Waals surface area contributed by atoms with Crippen LogP contribution in [0.5, 0.6) is 0 Å². The molecule has 3 aromatic rings. The second-order valence-corrected chi connectivity index (χ2v) is 9.57. The van der Waals surface area contributed by atoms with Gasteiger partial charge in [0.1, 0.15) is 5.82 Å². The van der Waals surface area contributed by atoms with E-state index in [2.05, 4.69) is 11.9 Å². The second kappa shape index (κ2) is 11.2. The van der Waals surface area contributed by atoms with Crippen molar-refractivity contribution in [1.82, 2.24) is 14.5 Å². The molecule has 7 heteroatoms. The molecule has 0 saturated carbocycles. The van der Waals surface area contributed by atoms with E-state index in [0.29, 0.717) is 22.5 Å². The number of hydrogen-bond acceptors (Lipinski definition) is 5. The van der Waals surface area contributed by atoms with E-state index >= 15 is 0 Å². The zero-order valence-electron chi connectivity index (χ0n) is 20.2. The van der Waals surface area contributed by atoms with Gasteiger partial charge in [0.25, 0.3) is 0 Å². The molecule has 0 radical (unpaired) electrons. The number of thioether (sulfide) groups is 1. The Balaban J connectivity index is 1.88. The van der Waals surface area contributed by atoms with Crippen molar-refractivity contribution in [3.05, 3.63) is 101 Å². The molecular weight excluding hydrogens is 456 g/mol. The topological polar surface area (TPSA) is 67.2 Å². The summed E-state index contributed by atoms with van der Waals surface area (Å²) in [6.07, 6.45) is 7.63. The summed E-state index contributed by atoms with van der Waals surface area (Å²) in [6, 6.07) is 13.2. The first kappa shape index (κ1) is 24.5. The molecular formula is C28H30N4O2S. The van der Waals surface area contributed by atoms with Crippen LogP contribution in [0.15, 0.2) is 83.8 Å². The van der Waals surface area contributed by atoms with Crippen molar-refractivity contribution >= 4 is 34.5 Å². The number of nitrogens with zero attached hydrogens (tertiary/aromatic N) is 3. The predicted molar refractivity (Wildman–Crippen MR) is 146 cm³/mol. The Morgan fingerprint density at radius 3 is 2.63 bits per heavy atom. The number of hydrogen-bond donors (Lipinski definition) is 1. The van der Waals surface area contributed by atoms with Crippen LogP contribution in [-0.2, 0) is 11.2 Å². The third kappa shape index (κ3) is 5.57. The third-order valence-corrected chi connectivity index (χ3v) is 6.83. The number of aromatic nitrogens is 2. The summed E-state index contributed by atoms with van der Waals surface area (Å²) in [7, 11) is 0. The first-order valence-corrected chi connectivity index (χ1v) is 12.9. The lowest BCUT2D eigenvalue weighted by molar-refractivity contribution is -0.130. The summed E-state index contributed by atoms with van der Waals surface area (Å²) in [5, 5.41) is 3.88. The van der Waals surface area contributed by atoms with E-state index in [1.54, 1.807) is 12.1 Å². The Hall–Kier alpha value is -3.58. The Labute approximate surface area is 210 Å². The molecule has 180 valence electrons. The highest BCUT2D eigenvalue weighted by molar-refractivity contribution is 7.99. The molecule has 0 aliphatic carbocycles. The maximum atomic E-state index is 13.2. The van der Waals surface area contributed by atoms with Gasteiger partial charge in [-0.1, -0.05) is 36.9 Å². The van der Waals surface area contributed by atoms with E-state index in [0.717, 1.165) is 41.5 Å². The van der Waals surface area contributed by atoms with Gasteiger partial charge in [0, 0.05) is 42.0 Å². The predicted octanol–water partition coefficient (Wildman–Crippen LogP) is 4.87. The van der Waals surface area contributed by atoms with Crippen LogP contribution < -0.4 is 10.7 Å². The Morgan fingerprint density at radius 2 is 1.94 bits per heavy atom. The van der Waals surface area contributed by atoms with Crippen LogP contribution in [0.2, 0.25) is 0 Å². The van der Waals surface area contributed by atoms with Gasteiger partial charge in [-0.15, -0.1) is 0 Å². The van der Waals surface area contributed by atoms with Gasteiger partial charge in [-0.25, -0.2) is 4.98 Å². The smallest absolute Gasteiger partial charge is 0.228 e. The molecule has 1 aliphatic heterocycles. The Morgan fingerprint density at radius 1 is 1.20 bits per heavy atom. The van der Waals surface area contributed by atoms with Gasteiger partial charge in [-0.3, -0.25) is 14.2 Å². The van der Waals surface area contributed by atoms with Crippen LogP contribution in [0, 0.1) is 6.92 Å². The Bertz CT molecular complexity index is 1350. The molecule has 1 saturated heterocycles. The van der Waals surface area contributed by atoms with E-state index in [4.69, 9.17) is 4.98 Å². The van der Waals surface area contributed by atoms with Crippen LogP contribution in [0.1, 0.15) is 18.2 Å². The molecule has 0 unspecified atom stereocenters. The number of carbonyl (C=O) groups is 1. The number of anilines is 1. The van der Waals surface area contributed by atoms with Gasteiger partial charge in [0.2, 0.25) is 5.91 Å². The van der Waals surface area contributed by atoms with Gasteiger partial charge in [0.15, 0.2) is 11.1 Å². The molecule has 2 aromatic heterocycles. The minimum absolute atomic E-state index is 0.0719. The van der Waals surface area contributed by atoms with E-state index < -0.39 is 0 Å². The van der Waals surface area contributed by atoms with E-state index in [-0.39, 0.29) is 17.8 Å². The molecule has 1 aliphatic rings. The third-order valence-electron chi connectivity index (χ3n) is 5.89. The number of carbonyl (C=O) groups excluding carboxylic acids is 1. The average Bonchev–Trinajstić information content (AvgIpc) is 2.87. The monoisotopic (exact) mass is 486 g/mol. The second-order valence-electron chi connectivity index (χ2n) is 8.34. The maximum Gasteiger partial charge on any atom is 0.228 e. The number of aryl methyl sites for hydroxylation is 1. The normalized spacial score (nSPS) is 14.5. The summed E-state index contributed by atoms with van der Waals surface area (Å²) >= 11 is 1.87. The lowest BCUT2D eigenvalue weighted by Gasteiger charge is -2.26. The van der Waals surface area contributed by atoms with E-state index in [1.165, 1.54) is 0 Å². The van der Waals surface area contributed by atoms with Crippen LogP contribution in [-0.4, -0.2) is 45.0 Å². The van der Waals surface area contributed by atoms with Crippen molar-refractivity contribution in [2.45, 2.75) is 20.3 Å². The van der Waals surface area contributed by atoms with Crippen molar-refractivity contribution in [3.63, 3.8) is 0 Å². The zero-order chi connectivity index (χ0) is 24.8. The molecule has 1 N–H and O–H groups in total. The highest BCUT2D eigenvalue weighted by Gasteiger charge is 2.20. The lowest BCUT2D eigenvalue weighted by atomic mass is 10.1. The van der Waals surface area contributed by atoms with Gasteiger partial charge < -0.3 is 10.2 Å². The SMILES string of the molecule is C=C/C(=C\C=C/C)Nc1cc(=O)c2c(C)cc(CC(=O)N3CCSCC3)nc2n1-c1ccccc1. The first-order valence-electron chi connectivity index (χ1n) is 11.7.